The molecule has 0 aromatic rings. The molecule has 0 fully saturated rings. The fourth-order valence-corrected chi connectivity index (χ4v) is 6.40. The fourth-order valence-electron chi connectivity index (χ4n) is 1.33. The van der Waals surface area contributed by atoms with Gasteiger partial charge in [-0.25, -0.2) is 0 Å². The highest BCUT2D eigenvalue weighted by Gasteiger charge is 2.12. The standard InChI is InChI=1S/C12H8S6/c1-2-14-10(13-1)7-9(12-17-5-6-18-12)8-11-15-3-4-16-11/h1-8H. The van der Waals surface area contributed by atoms with Gasteiger partial charge in [0.05, 0.1) is 4.24 Å². The van der Waals surface area contributed by atoms with Crippen molar-refractivity contribution in [1.82, 2.24) is 0 Å². The summed E-state index contributed by atoms with van der Waals surface area (Å²) in [7, 11) is 0. The van der Waals surface area contributed by atoms with Gasteiger partial charge in [-0.05, 0) is 50.2 Å². The van der Waals surface area contributed by atoms with Crippen molar-refractivity contribution in [3.8, 4) is 0 Å². The zero-order chi connectivity index (χ0) is 12.2. The zero-order valence-corrected chi connectivity index (χ0v) is 14.0. The minimum atomic E-state index is 1.33. The Morgan fingerprint density at radius 1 is 0.611 bits per heavy atom. The van der Waals surface area contributed by atoms with E-state index >= 15 is 0 Å². The van der Waals surface area contributed by atoms with Crippen LogP contribution < -0.4 is 0 Å². The van der Waals surface area contributed by atoms with E-state index in [-0.39, 0.29) is 0 Å². The Bertz CT molecular complexity index is 457. The van der Waals surface area contributed by atoms with E-state index in [4.69, 9.17) is 0 Å². The smallest absolute Gasteiger partial charge is 0.0560 e. The molecule has 0 saturated heterocycles. The van der Waals surface area contributed by atoms with Crippen molar-refractivity contribution in [3.05, 3.63) is 62.9 Å². The third-order valence-corrected chi connectivity index (χ3v) is 8.22. The van der Waals surface area contributed by atoms with Gasteiger partial charge in [0.15, 0.2) is 0 Å². The van der Waals surface area contributed by atoms with E-state index in [2.05, 4.69) is 44.6 Å². The molecule has 6 heteroatoms. The number of allylic oxidation sites excluding steroid dienone is 3. The van der Waals surface area contributed by atoms with Crippen molar-refractivity contribution in [2.24, 2.45) is 0 Å². The Labute approximate surface area is 132 Å². The molecule has 0 atom stereocenters. The van der Waals surface area contributed by atoms with Gasteiger partial charge in [0, 0.05) is 8.47 Å². The van der Waals surface area contributed by atoms with Crippen LogP contribution in [0, 0.1) is 0 Å². The first kappa shape index (κ1) is 13.5. The summed E-state index contributed by atoms with van der Waals surface area (Å²) in [5, 5.41) is 12.9. The Hall–Kier alpha value is 0.540. The van der Waals surface area contributed by atoms with Crippen molar-refractivity contribution in [1.29, 1.82) is 0 Å². The van der Waals surface area contributed by atoms with Gasteiger partial charge in [-0.3, -0.25) is 0 Å². The topological polar surface area (TPSA) is 0 Å². The van der Waals surface area contributed by atoms with E-state index in [1.165, 1.54) is 18.3 Å². The zero-order valence-electron chi connectivity index (χ0n) is 9.07. The molecule has 0 aromatic heterocycles. The summed E-state index contributed by atoms with van der Waals surface area (Å²) in [6.45, 7) is 0. The SMILES string of the molecule is C1=CSC(=CC(C=C2SC=CS2)=C2SC=CS2)S1. The highest BCUT2D eigenvalue weighted by molar-refractivity contribution is 8.28. The predicted molar refractivity (Wildman–Crippen MR) is 96.2 cm³/mol. The lowest BCUT2D eigenvalue weighted by Crippen LogP contribution is -1.78. The number of thioether (sulfide) groups is 6. The molecule has 0 N–H and O–H groups in total. The molecule has 0 saturated carbocycles. The van der Waals surface area contributed by atoms with Crippen LogP contribution in [0.4, 0.5) is 0 Å². The van der Waals surface area contributed by atoms with E-state index in [0.29, 0.717) is 0 Å². The van der Waals surface area contributed by atoms with Crippen LogP contribution in [0.2, 0.25) is 0 Å². The minimum absolute atomic E-state index is 1.33. The Balaban J connectivity index is 1.86. The summed E-state index contributed by atoms with van der Waals surface area (Å²) in [4.78, 5) is 0. The molecule has 0 spiro atoms. The highest BCUT2D eigenvalue weighted by Crippen LogP contribution is 2.46. The van der Waals surface area contributed by atoms with E-state index in [1.54, 1.807) is 47.0 Å². The second-order valence-electron chi connectivity index (χ2n) is 3.19. The van der Waals surface area contributed by atoms with Crippen molar-refractivity contribution in [2.75, 3.05) is 0 Å². The number of hydrogen-bond donors (Lipinski definition) is 0. The van der Waals surface area contributed by atoms with Gasteiger partial charge in [0.25, 0.3) is 0 Å². The van der Waals surface area contributed by atoms with Crippen LogP contribution in [0.15, 0.2) is 62.9 Å². The molecule has 3 heterocycles. The van der Waals surface area contributed by atoms with E-state index in [1.807, 2.05) is 23.5 Å². The first-order valence-corrected chi connectivity index (χ1v) is 10.3. The lowest BCUT2D eigenvalue weighted by atomic mass is 10.3. The van der Waals surface area contributed by atoms with Crippen LogP contribution in [0.25, 0.3) is 0 Å². The van der Waals surface area contributed by atoms with Crippen LogP contribution in [-0.2, 0) is 0 Å². The Morgan fingerprint density at radius 2 is 1.00 bits per heavy atom. The van der Waals surface area contributed by atoms with Gasteiger partial charge in [0.2, 0.25) is 0 Å². The molecule has 3 rings (SSSR count). The third-order valence-electron chi connectivity index (χ3n) is 2.04. The lowest BCUT2D eigenvalue weighted by molar-refractivity contribution is 1.74. The molecule has 0 amide bonds. The molecule has 3 aliphatic heterocycles. The van der Waals surface area contributed by atoms with E-state index in [0.717, 1.165) is 0 Å². The first-order chi connectivity index (χ1) is 8.92. The van der Waals surface area contributed by atoms with Crippen molar-refractivity contribution < 1.29 is 0 Å². The molecule has 0 unspecified atom stereocenters. The minimum Gasteiger partial charge on any atom is -0.0902 e. The maximum absolute atomic E-state index is 2.30. The molecule has 3 aliphatic rings. The van der Waals surface area contributed by atoms with Crippen LogP contribution >= 0.6 is 70.6 Å². The second kappa shape index (κ2) is 6.81. The quantitative estimate of drug-likeness (QED) is 0.540. The summed E-state index contributed by atoms with van der Waals surface area (Å²) in [5.41, 5.74) is 1.33. The van der Waals surface area contributed by atoms with Gasteiger partial charge < -0.3 is 0 Å². The molecular formula is C12H8S6. The monoisotopic (exact) mass is 344 g/mol. The van der Waals surface area contributed by atoms with Gasteiger partial charge in [-0.1, -0.05) is 70.6 Å². The van der Waals surface area contributed by atoms with Gasteiger partial charge in [-0.2, -0.15) is 0 Å². The third kappa shape index (κ3) is 3.55. The second-order valence-corrected chi connectivity index (χ2v) is 9.59. The maximum Gasteiger partial charge on any atom is 0.0560 e. The van der Waals surface area contributed by atoms with Gasteiger partial charge in [-0.15, -0.1) is 0 Å². The highest BCUT2D eigenvalue weighted by atomic mass is 32.2. The molecule has 0 radical (unpaired) electrons. The van der Waals surface area contributed by atoms with Crippen LogP contribution in [0.5, 0.6) is 0 Å². The fraction of sp³-hybridized carbons (Fsp3) is 0. The van der Waals surface area contributed by atoms with Gasteiger partial charge >= 0.3 is 0 Å². The summed E-state index contributed by atoms with van der Waals surface area (Å²) < 4.78 is 4.07. The molecular weight excluding hydrogens is 337 g/mol. The van der Waals surface area contributed by atoms with E-state index < -0.39 is 0 Å². The average Bonchev–Trinajstić information content (AvgIpc) is 3.13. The molecule has 0 bridgehead atoms. The summed E-state index contributed by atoms with van der Waals surface area (Å²) in [6.07, 6.45) is 4.59. The van der Waals surface area contributed by atoms with Crippen LogP contribution in [-0.4, -0.2) is 0 Å². The van der Waals surface area contributed by atoms with Crippen molar-refractivity contribution in [2.45, 2.75) is 0 Å². The first-order valence-electron chi connectivity index (χ1n) is 5.04. The summed E-state index contributed by atoms with van der Waals surface area (Å²) in [6, 6.07) is 0. The average molecular weight is 345 g/mol. The number of hydrogen-bond acceptors (Lipinski definition) is 6. The molecule has 0 nitrogen and oxygen atoms in total. The van der Waals surface area contributed by atoms with Crippen molar-refractivity contribution in [3.63, 3.8) is 0 Å². The largest absolute Gasteiger partial charge is 0.0902 e. The molecule has 0 aromatic carbocycles. The van der Waals surface area contributed by atoms with E-state index in [9.17, 15) is 0 Å². The summed E-state index contributed by atoms with van der Waals surface area (Å²) >= 11 is 10.8. The van der Waals surface area contributed by atoms with Gasteiger partial charge in [0.1, 0.15) is 0 Å². The maximum atomic E-state index is 2.30. The Kier molecular flexibility index (Phi) is 5.12. The molecule has 92 valence electrons. The lowest BCUT2D eigenvalue weighted by Gasteiger charge is -2.04. The molecule has 18 heavy (non-hydrogen) atoms. The number of rotatable bonds is 2. The van der Waals surface area contributed by atoms with Crippen LogP contribution in [0.1, 0.15) is 0 Å². The predicted octanol–water partition coefficient (Wildman–Crippen LogP) is 6.73. The normalized spacial score (nSPS) is 21.2. The summed E-state index contributed by atoms with van der Waals surface area (Å²) in [5.74, 6) is 0. The Morgan fingerprint density at radius 3 is 1.44 bits per heavy atom. The molecule has 0 aliphatic carbocycles. The van der Waals surface area contributed by atoms with Crippen LogP contribution in [0.3, 0.4) is 0 Å². The van der Waals surface area contributed by atoms with Crippen molar-refractivity contribution >= 4 is 70.6 Å².